The number of aromatic nitrogens is 6. The molecule has 0 spiro atoms. The lowest BCUT2D eigenvalue weighted by Crippen LogP contribution is -2.13. The maximum absolute atomic E-state index is 11.5. The Morgan fingerprint density at radius 3 is 2.40 bits per heavy atom. The van der Waals surface area contributed by atoms with E-state index < -0.39 is 5.56 Å². The molecule has 0 aliphatic heterocycles. The Morgan fingerprint density at radius 1 is 1.00 bits per heavy atom. The summed E-state index contributed by atoms with van der Waals surface area (Å²) in [5.41, 5.74) is 5.15. The Labute approximate surface area is 109 Å². The van der Waals surface area contributed by atoms with Crippen molar-refractivity contribution in [3.05, 3.63) is 10.4 Å². The van der Waals surface area contributed by atoms with Gasteiger partial charge in [-0.3, -0.25) is 9.42 Å². The first kappa shape index (κ1) is 12.0. The Hall–Kier alpha value is -3.02. The highest BCUT2D eigenvalue weighted by atomic mass is 16.6. The largest absolute Gasteiger partial charge is 0.364 e. The van der Waals surface area contributed by atoms with Crippen LogP contribution in [0.25, 0.3) is 22.8 Å². The molecule has 0 aliphatic carbocycles. The summed E-state index contributed by atoms with van der Waals surface area (Å²) < 4.78 is 13.7. The molecule has 20 heavy (non-hydrogen) atoms. The van der Waals surface area contributed by atoms with Crippen molar-refractivity contribution in [3.8, 4) is 22.8 Å². The van der Waals surface area contributed by atoms with Crippen LogP contribution in [0.3, 0.4) is 0 Å². The summed E-state index contributed by atoms with van der Waals surface area (Å²) in [6.07, 6.45) is 0. The Kier molecular flexibility index (Phi) is 2.96. The first-order valence-electron chi connectivity index (χ1n) is 5.45. The van der Waals surface area contributed by atoms with Crippen LogP contribution in [0, 0.1) is 0 Å². The average molecular weight is 280 g/mol. The number of hydrogen-bond donors (Lipinski definition) is 3. The molecule has 12 heteroatoms. The number of nitrogens with zero attached hydrogens (tertiary/aromatic N) is 5. The highest BCUT2D eigenvalue weighted by Crippen LogP contribution is 2.28. The third kappa shape index (κ3) is 1.93. The third-order valence-electron chi connectivity index (χ3n) is 2.35. The zero-order valence-corrected chi connectivity index (χ0v) is 9.86. The normalized spacial score (nSPS) is 10.8. The summed E-state index contributed by atoms with van der Waals surface area (Å²) in [5.74, 6) is 0.298. The van der Waals surface area contributed by atoms with Crippen molar-refractivity contribution in [1.29, 1.82) is 0 Å². The maximum Gasteiger partial charge on any atom is 0.310 e. The topological polar surface area (TPSA) is 175 Å². The van der Waals surface area contributed by atoms with Crippen LogP contribution >= 0.6 is 0 Å². The third-order valence-corrected chi connectivity index (χ3v) is 2.35. The van der Waals surface area contributed by atoms with Crippen LogP contribution in [-0.4, -0.2) is 44.0 Å². The van der Waals surface area contributed by atoms with Gasteiger partial charge in [0.1, 0.15) is 0 Å². The molecule has 0 unspecified atom stereocenters. The minimum atomic E-state index is -0.574. The van der Waals surface area contributed by atoms with Crippen molar-refractivity contribution in [2.45, 2.75) is 0 Å². The van der Waals surface area contributed by atoms with Crippen LogP contribution in [0.15, 0.2) is 18.7 Å². The van der Waals surface area contributed by atoms with E-state index in [1.807, 2.05) is 5.16 Å². The number of aromatic amines is 1. The van der Waals surface area contributed by atoms with Gasteiger partial charge in [-0.25, -0.2) is 9.26 Å². The summed E-state index contributed by atoms with van der Waals surface area (Å²) >= 11 is 0. The van der Waals surface area contributed by atoms with Gasteiger partial charge in [0.05, 0.1) is 0 Å². The van der Waals surface area contributed by atoms with E-state index in [0.717, 1.165) is 0 Å². The van der Waals surface area contributed by atoms with E-state index in [2.05, 4.69) is 45.0 Å². The fourth-order valence-corrected chi connectivity index (χ4v) is 1.50. The van der Waals surface area contributed by atoms with Crippen molar-refractivity contribution in [3.63, 3.8) is 0 Å². The summed E-state index contributed by atoms with van der Waals surface area (Å²) in [5, 5.41) is 23.0. The van der Waals surface area contributed by atoms with E-state index in [9.17, 15) is 4.79 Å². The second-order valence-electron chi connectivity index (χ2n) is 3.60. The van der Waals surface area contributed by atoms with Gasteiger partial charge >= 0.3 is 5.56 Å². The molecular weight excluding hydrogens is 272 g/mol. The number of anilines is 1. The van der Waals surface area contributed by atoms with Crippen LogP contribution in [-0.2, 0) is 0 Å². The zero-order valence-electron chi connectivity index (χ0n) is 9.86. The molecule has 12 nitrogen and oxygen atoms in total. The van der Waals surface area contributed by atoms with Crippen LogP contribution in [0.1, 0.15) is 0 Å². The Morgan fingerprint density at radius 2 is 1.70 bits per heavy atom. The molecular formula is C8H8N8O4. The molecule has 3 rings (SSSR count). The van der Waals surface area contributed by atoms with Gasteiger partial charge in [-0.2, -0.15) is 5.16 Å². The second-order valence-corrected chi connectivity index (χ2v) is 3.60. The van der Waals surface area contributed by atoms with Gasteiger partial charge in [-0.15, -0.1) is 0 Å². The molecule has 0 radical (unpaired) electrons. The van der Waals surface area contributed by atoms with Crippen LogP contribution < -0.4 is 16.6 Å². The lowest BCUT2D eigenvalue weighted by molar-refractivity contribution is 0.301. The lowest BCUT2D eigenvalue weighted by atomic mass is 10.2. The first-order valence-corrected chi connectivity index (χ1v) is 5.45. The van der Waals surface area contributed by atoms with Crippen LogP contribution in [0.5, 0.6) is 0 Å². The number of nitrogens with two attached hydrogens (primary N) is 1. The predicted octanol–water partition coefficient (Wildman–Crippen LogP) is -1.17. The fraction of sp³-hybridized carbons (Fsp3) is 0.250. The summed E-state index contributed by atoms with van der Waals surface area (Å²) in [6.45, 7) is 0.839. The SMILES string of the molecule is NCCNc1nonc1-c1nonc1-c1no[nH]c1=O. The predicted molar refractivity (Wildman–Crippen MR) is 61.3 cm³/mol. The van der Waals surface area contributed by atoms with Gasteiger partial charge in [0.15, 0.2) is 17.1 Å². The maximum atomic E-state index is 11.5. The molecule has 3 aromatic heterocycles. The number of nitrogens with one attached hydrogen (secondary N) is 2. The molecule has 0 fully saturated rings. The van der Waals surface area contributed by atoms with E-state index in [4.69, 9.17) is 5.73 Å². The highest BCUT2D eigenvalue weighted by molar-refractivity contribution is 5.78. The molecule has 0 aromatic carbocycles. The molecule has 0 atom stereocenters. The molecule has 0 saturated carbocycles. The number of hydrogen-bond acceptors (Lipinski definition) is 11. The van der Waals surface area contributed by atoms with Crippen molar-refractivity contribution >= 4 is 5.82 Å². The minimum Gasteiger partial charge on any atom is -0.364 e. The van der Waals surface area contributed by atoms with E-state index in [0.29, 0.717) is 18.9 Å². The van der Waals surface area contributed by atoms with Gasteiger partial charge in [0.25, 0.3) is 0 Å². The second kappa shape index (κ2) is 4.93. The standard InChI is InChI=1S/C8H8N8O4/c9-1-2-10-7-5(13-19-15-7)3-4(12-18-11-3)6-8(17)16-20-14-6/h1-2,9H2,(H,10,15)(H,16,17). The molecule has 0 amide bonds. The molecule has 3 heterocycles. The molecule has 0 saturated heterocycles. The molecule has 0 aliphatic rings. The van der Waals surface area contributed by atoms with Crippen molar-refractivity contribution in [1.82, 2.24) is 30.9 Å². The van der Waals surface area contributed by atoms with Crippen molar-refractivity contribution < 1.29 is 13.9 Å². The molecule has 104 valence electrons. The van der Waals surface area contributed by atoms with Crippen LogP contribution in [0.4, 0.5) is 5.82 Å². The number of H-pyrrole nitrogens is 1. The fourth-order valence-electron chi connectivity index (χ4n) is 1.50. The Bertz CT molecular complexity index is 754. The molecule has 4 N–H and O–H groups in total. The summed E-state index contributed by atoms with van der Waals surface area (Å²) in [6, 6.07) is 0. The summed E-state index contributed by atoms with van der Waals surface area (Å²) in [4.78, 5) is 11.5. The lowest BCUT2D eigenvalue weighted by Gasteiger charge is -1.99. The zero-order chi connectivity index (χ0) is 13.9. The van der Waals surface area contributed by atoms with E-state index in [1.165, 1.54) is 0 Å². The van der Waals surface area contributed by atoms with Gasteiger partial charge < -0.3 is 11.1 Å². The quantitative estimate of drug-likeness (QED) is 0.513. The van der Waals surface area contributed by atoms with Gasteiger partial charge in [0.2, 0.25) is 11.5 Å². The van der Waals surface area contributed by atoms with Gasteiger partial charge in [-0.05, 0) is 25.8 Å². The molecule has 3 aromatic rings. The Balaban J connectivity index is 2.04. The van der Waals surface area contributed by atoms with Crippen molar-refractivity contribution in [2.24, 2.45) is 5.73 Å². The van der Waals surface area contributed by atoms with Crippen molar-refractivity contribution in [2.75, 3.05) is 18.4 Å². The first-order chi connectivity index (χ1) is 9.81. The monoisotopic (exact) mass is 280 g/mol. The van der Waals surface area contributed by atoms with E-state index >= 15 is 0 Å². The van der Waals surface area contributed by atoms with Gasteiger partial charge in [-0.1, -0.05) is 0 Å². The average Bonchev–Trinajstić information content (AvgIpc) is 3.14. The van der Waals surface area contributed by atoms with Gasteiger partial charge in [0, 0.05) is 13.1 Å². The smallest absolute Gasteiger partial charge is 0.310 e. The van der Waals surface area contributed by atoms with Crippen LogP contribution in [0.2, 0.25) is 0 Å². The number of rotatable bonds is 5. The highest BCUT2D eigenvalue weighted by Gasteiger charge is 2.25. The minimum absolute atomic E-state index is 0.0616. The van der Waals surface area contributed by atoms with E-state index in [-0.39, 0.29) is 22.8 Å². The summed E-state index contributed by atoms with van der Waals surface area (Å²) in [7, 11) is 0. The molecule has 0 bridgehead atoms. The van der Waals surface area contributed by atoms with E-state index in [1.54, 1.807) is 0 Å².